The number of piperazine rings is 1. The Balaban J connectivity index is 1.41. The second kappa shape index (κ2) is 7.61. The van der Waals surface area contributed by atoms with E-state index in [4.69, 9.17) is 0 Å². The summed E-state index contributed by atoms with van der Waals surface area (Å²) in [5.74, 6) is 0.0991. The third kappa shape index (κ3) is 3.27. The molecule has 1 aliphatic rings. The molecule has 0 spiro atoms. The lowest BCUT2D eigenvalue weighted by Crippen LogP contribution is -2.49. The lowest BCUT2D eigenvalue weighted by atomic mass is 10.1. The molecule has 1 saturated heterocycles. The zero-order valence-electron chi connectivity index (χ0n) is 17.2. The number of nitrogens with zero attached hydrogens (tertiary/aromatic N) is 4. The molecule has 0 radical (unpaired) electrons. The van der Waals surface area contributed by atoms with Crippen molar-refractivity contribution in [3.63, 3.8) is 0 Å². The van der Waals surface area contributed by atoms with Gasteiger partial charge in [-0.1, -0.05) is 17.7 Å². The summed E-state index contributed by atoms with van der Waals surface area (Å²) in [7, 11) is 0. The number of hydrogen-bond donors (Lipinski definition) is 0. The molecule has 0 unspecified atom stereocenters. The van der Waals surface area contributed by atoms with E-state index < -0.39 is 0 Å². The van der Waals surface area contributed by atoms with Gasteiger partial charge in [-0.25, -0.2) is 4.98 Å². The van der Waals surface area contributed by atoms with Crippen molar-refractivity contribution in [2.24, 2.45) is 0 Å². The Bertz CT molecular complexity index is 1200. The Kier molecular flexibility index (Phi) is 4.79. The third-order valence-electron chi connectivity index (χ3n) is 5.76. The van der Waals surface area contributed by atoms with E-state index in [1.807, 2.05) is 46.1 Å². The maximum Gasteiger partial charge on any atom is 0.266 e. The minimum atomic E-state index is 0.0991. The molecule has 30 heavy (non-hydrogen) atoms. The van der Waals surface area contributed by atoms with Crippen LogP contribution < -0.4 is 4.90 Å². The number of amides is 1. The molecule has 4 heterocycles. The van der Waals surface area contributed by atoms with E-state index >= 15 is 0 Å². The smallest absolute Gasteiger partial charge is 0.266 e. The van der Waals surface area contributed by atoms with E-state index in [1.165, 1.54) is 28.2 Å². The van der Waals surface area contributed by atoms with E-state index in [-0.39, 0.29) is 5.91 Å². The standard InChI is InChI=1S/C24H24N4OS/c1-17-7-8-20(18(2)16-17)26-12-14-28(15-13-26)24(29)22-21(27-10-3-4-11-27)19-6-5-9-25-23(19)30-22/h3-11,16H,12-15H2,1-2H3. The number of hydrogen-bond acceptors (Lipinski definition) is 4. The highest BCUT2D eigenvalue weighted by Crippen LogP contribution is 2.34. The van der Waals surface area contributed by atoms with Crippen LogP contribution in [0.3, 0.4) is 0 Å². The van der Waals surface area contributed by atoms with Crippen molar-refractivity contribution in [3.8, 4) is 5.69 Å². The zero-order chi connectivity index (χ0) is 20.7. The van der Waals surface area contributed by atoms with E-state index in [2.05, 4.69) is 41.9 Å². The van der Waals surface area contributed by atoms with Crippen LogP contribution in [-0.4, -0.2) is 46.5 Å². The molecule has 3 aromatic heterocycles. The van der Waals surface area contributed by atoms with Gasteiger partial charge in [0.15, 0.2) is 0 Å². The van der Waals surface area contributed by atoms with Crippen molar-refractivity contribution in [1.82, 2.24) is 14.5 Å². The van der Waals surface area contributed by atoms with Crippen LogP contribution in [0.5, 0.6) is 0 Å². The Morgan fingerprint density at radius 1 is 1.00 bits per heavy atom. The molecule has 0 aliphatic carbocycles. The average molecular weight is 417 g/mol. The summed E-state index contributed by atoms with van der Waals surface area (Å²) >= 11 is 1.49. The summed E-state index contributed by atoms with van der Waals surface area (Å²) in [4.78, 5) is 24.0. The number of pyridine rings is 1. The summed E-state index contributed by atoms with van der Waals surface area (Å²) in [5, 5.41) is 1.02. The van der Waals surface area contributed by atoms with E-state index in [9.17, 15) is 4.79 Å². The van der Waals surface area contributed by atoms with Gasteiger partial charge in [-0.3, -0.25) is 4.79 Å². The number of thiophene rings is 1. The zero-order valence-corrected chi connectivity index (χ0v) is 18.0. The van der Waals surface area contributed by atoms with Crippen LogP contribution in [0, 0.1) is 13.8 Å². The van der Waals surface area contributed by atoms with Crippen LogP contribution in [0.15, 0.2) is 61.1 Å². The SMILES string of the molecule is Cc1ccc(N2CCN(C(=O)c3sc4ncccc4c3-n3cccc3)CC2)c(C)c1. The van der Waals surface area contributed by atoms with Crippen LogP contribution >= 0.6 is 11.3 Å². The van der Waals surface area contributed by atoms with Crippen LogP contribution in [0.1, 0.15) is 20.8 Å². The molecule has 1 aliphatic heterocycles. The Morgan fingerprint density at radius 2 is 1.77 bits per heavy atom. The highest BCUT2D eigenvalue weighted by Gasteiger charge is 2.28. The average Bonchev–Trinajstić information content (AvgIpc) is 3.41. The summed E-state index contributed by atoms with van der Waals surface area (Å²) < 4.78 is 2.03. The molecule has 152 valence electrons. The molecule has 4 aromatic rings. The number of carbonyl (C=O) groups excluding carboxylic acids is 1. The number of anilines is 1. The van der Waals surface area contributed by atoms with E-state index in [0.29, 0.717) is 0 Å². The summed E-state index contributed by atoms with van der Waals surface area (Å²) in [5.41, 5.74) is 4.78. The quantitative estimate of drug-likeness (QED) is 0.487. The van der Waals surface area contributed by atoms with Gasteiger partial charge in [0.25, 0.3) is 5.91 Å². The first-order chi connectivity index (χ1) is 14.6. The molecule has 1 amide bonds. The molecular weight excluding hydrogens is 392 g/mol. The Morgan fingerprint density at radius 3 is 2.50 bits per heavy atom. The predicted octanol–water partition coefficient (Wildman–Crippen LogP) is 4.67. The third-order valence-corrected chi connectivity index (χ3v) is 6.85. The maximum atomic E-state index is 13.5. The van der Waals surface area contributed by atoms with Gasteiger partial charge >= 0.3 is 0 Å². The van der Waals surface area contributed by atoms with Gasteiger partial charge in [-0.05, 0) is 49.7 Å². The van der Waals surface area contributed by atoms with Gasteiger partial charge in [0.1, 0.15) is 9.71 Å². The van der Waals surface area contributed by atoms with Gasteiger partial charge < -0.3 is 14.4 Å². The topological polar surface area (TPSA) is 41.4 Å². The molecule has 0 N–H and O–H groups in total. The first-order valence-corrected chi connectivity index (χ1v) is 11.1. The summed E-state index contributed by atoms with van der Waals surface area (Å²) in [6.45, 7) is 7.41. The van der Waals surface area contributed by atoms with Gasteiger partial charge in [-0.15, -0.1) is 11.3 Å². The lowest BCUT2D eigenvalue weighted by molar-refractivity contribution is 0.0751. The molecule has 1 fully saturated rings. The monoisotopic (exact) mass is 416 g/mol. The molecule has 5 rings (SSSR count). The van der Waals surface area contributed by atoms with Gasteiger partial charge in [0, 0.05) is 55.8 Å². The number of carbonyl (C=O) groups is 1. The largest absolute Gasteiger partial charge is 0.368 e. The van der Waals surface area contributed by atoms with Crippen molar-refractivity contribution in [2.45, 2.75) is 13.8 Å². The molecular formula is C24H24N4OS. The van der Waals surface area contributed by atoms with Crippen LogP contribution in [0.2, 0.25) is 0 Å². The van der Waals surface area contributed by atoms with Gasteiger partial charge in [-0.2, -0.15) is 0 Å². The second-order valence-corrected chi connectivity index (χ2v) is 8.79. The highest BCUT2D eigenvalue weighted by atomic mass is 32.1. The summed E-state index contributed by atoms with van der Waals surface area (Å²) in [6, 6.07) is 14.5. The minimum absolute atomic E-state index is 0.0991. The molecule has 1 aromatic carbocycles. The molecule has 0 atom stereocenters. The highest BCUT2D eigenvalue weighted by molar-refractivity contribution is 7.21. The lowest BCUT2D eigenvalue weighted by Gasteiger charge is -2.36. The van der Waals surface area contributed by atoms with Crippen LogP contribution in [0.25, 0.3) is 15.9 Å². The first-order valence-electron chi connectivity index (χ1n) is 10.2. The fourth-order valence-corrected chi connectivity index (χ4v) is 5.37. The van der Waals surface area contributed by atoms with Crippen molar-refractivity contribution in [1.29, 1.82) is 0 Å². The number of aryl methyl sites for hydroxylation is 2. The molecule has 0 saturated carbocycles. The minimum Gasteiger partial charge on any atom is -0.368 e. The summed E-state index contributed by atoms with van der Waals surface area (Å²) in [6.07, 6.45) is 5.77. The normalized spacial score (nSPS) is 14.5. The fourth-order valence-electron chi connectivity index (χ4n) is 4.26. The van der Waals surface area contributed by atoms with Crippen molar-refractivity contribution in [2.75, 3.05) is 31.1 Å². The van der Waals surface area contributed by atoms with Crippen LogP contribution in [0.4, 0.5) is 5.69 Å². The van der Waals surface area contributed by atoms with Crippen molar-refractivity contribution >= 4 is 33.1 Å². The van der Waals surface area contributed by atoms with E-state index in [1.54, 1.807) is 6.20 Å². The second-order valence-electron chi connectivity index (χ2n) is 7.80. The first kappa shape index (κ1) is 18.9. The van der Waals surface area contributed by atoms with Gasteiger partial charge in [0.2, 0.25) is 0 Å². The number of fused-ring (bicyclic) bond motifs is 1. The van der Waals surface area contributed by atoms with Crippen LogP contribution in [-0.2, 0) is 0 Å². The van der Waals surface area contributed by atoms with Crippen molar-refractivity contribution < 1.29 is 4.79 Å². The number of aromatic nitrogens is 2. The number of rotatable bonds is 3. The maximum absolute atomic E-state index is 13.5. The predicted molar refractivity (Wildman–Crippen MR) is 123 cm³/mol. The fraction of sp³-hybridized carbons (Fsp3) is 0.250. The Hall–Kier alpha value is -3.12. The Labute approximate surface area is 180 Å². The molecule has 0 bridgehead atoms. The van der Waals surface area contributed by atoms with E-state index in [0.717, 1.165) is 47.0 Å². The molecule has 6 heteroatoms. The van der Waals surface area contributed by atoms with Crippen molar-refractivity contribution in [3.05, 3.63) is 77.1 Å². The number of benzene rings is 1. The van der Waals surface area contributed by atoms with Gasteiger partial charge in [0.05, 0.1) is 5.69 Å². The molecule has 5 nitrogen and oxygen atoms in total.